The zero-order chi connectivity index (χ0) is 37.9. The summed E-state index contributed by atoms with van der Waals surface area (Å²) in [6.45, 7) is 0. The van der Waals surface area contributed by atoms with Crippen LogP contribution in [0.3, 0.4) is 0 Å². The van der Waals surface area contributed by atoms with Crippen molar-refractivity contribution in [2.24, 2.45) is 0 Å². The monoisotopic (exact) mass is 692 g/mol. The van der Waals surface area contributed by atoms with E-state index in [4.69, 9.17) is 4.42 Å². The van der Waals surface area contributed by atoms with Gasteiger partial charge in [-0.3, -0.25) is 0 Å². The van der Waals surface area contributed by atoms with E-state index < -0.39 is 0 Å². The molecule has 0 radical (unpaired) electrons. The maximum atomic E-state index is 6.71. The third-order valence-electron chi connectivity index (χ3n) is 13.3. The first-order valence-corrected chi connectivity index (χ1v) is 19.5. The lowest BCUT2D eigenvalue weighted by Crippen LogP contribution is -2.50. The SMILES string of the molecule is Bc1c(B)c(B)c2c(-c3ccc4c(c3)oc3cc5ccccc5cc34)c3c(B)c(B)c(B)c(B)c3c(-c3ccc(-c4cccc5ccccc45)cc3)c2c1B. The van der Waals surface area contributed by atoms with Gasteiger partial charge in [-0.2, -0.15) is 0 Å². The Morgan fingerprint density at radius 3 is 1.36 bits per heavy atom. The van der Waals surface area contributed by atoms with Gasteiger partial charge in [0.15, 0.2) is 0 Å². The Balaban J connectivity index is 1.31. The van der Waals surface area contributed by atoms with Crippen LogP contribution >= 0.6 is 0 Å². The largest absolute Gasteiger partial charge is 0.456 e. The molecule has 0 bridgehead atoms. The van der Waals surface area contributed by atoms with Crippen LogP contribution in [0.5, 0.6) is 0 Å². The van der Waals surface area contributed by atoms with Gasteiger partial charge in [-0.25, -0.2) is 0 Å². The zero-order valence-electron chi connectivity index (χ0n) is 33.0. The first-order valence-electron chi connectivity index (χ1n) is 19.5. The Labute approximate surface area is 329 Å². The Kier molecular flexibility index (Phi) is 7.66. The summed E-state index contributed by atoms with van der Waals surface area (Å²) >= 11 is 0. The molecule has 0 unspecified atom stereocenters. The van der Waals surface area contributed by atoms with Gasteiger partial charge in [0.05, 0.1) is 0 Å². The lowest BCUT2D eigenvalue weighted by molar-refractivity contribution is 0.669. The average molecular weight is 691 g/mol. The molecule has 55 heavy (non-hydrogen) atoms. The van der Waals surface area contributed by atoms with Crippen molar-refractivity contribution in [3.63, 3.8) is 0 Å². The van der Waals surface area contributed by atoms with Crippen molar-refractivity contribution in [2.45, 2.75) is 0 Å². The van der Waals surface area contributed by atoms with E-state index in [-0.39, 0.29) is 0 Å². The van der Waals surface area contributed by atoms with Crippen LogP contribution in [0.1, 0.15) is 0 Å². The number of hydrogen-bond donors (Lipinski definition) is 0. The van der Waals surface area contributed by atoms with Gasteiger partial charge < -0.3 is 4.42 Å². The van der Waals surface area contributed by atoms with E-state index in [2.05, 4.69) is 184 Å². The molecule has 0 aliphatic heterocycles. The van der Waals surface area contributed by atoms with Crippen molar-refractivity contribution in [1.82, 2.24) is 0 Å². The van der Waals surface area contributed by atoms with Crippen LogP contribution in [0.2, 0.25) is 0 Å². The Morgan fingerprint density at radius 2 is 0.764 bits per heavy atom. The molecule has 0 spiro atoms. The second-order valence-corrected chi connectivity index (χ2v) is 15.9. The average Bonchev–Trinajstić information content (AvgIpc) is 3.57. The fourth-order valence-corrected chi connectivity index (χ4v) is 9.61. The molecule has 1 nitrogen and oxygen atoms in total. The molecular formula is C46H36B8O. The molecule has 9 aromatic carbocycles. The van der Waals surface area contributed by atoms with Crippen molar-refractivity contribution < 1.29 is 4.42 Å². The predicted molar refractivity (Wildman–Crippen MR) is 265 cm³/mol. The topological polar surface area (TPSA) is 13.1 Å². The van der Waals surface area contributed by atoms with E-state index in [0.717, 1.165) is 21.9 Å². The predicted octanol–water partition coefficient (Wildman–Crippen LogP) is -0.733. The Hall–Kier alpha value is -5.66. The van der Waals surface area contributed by atoms with Crippen molar-refractivity contribution in [3.8, 4) is 33.4 Å². The van der Waals surface area contributed by atoms with Gasteiger partial charge >= 0.3 is 0 Å². The van der Waals surface area contributed by atoms with Crippen LogP contribution in [-0.2, 0) is 0 Å². The van der Waals surface area contributed by atoms with Crippen molar-refractivity contribution in [3.05, 3.63) is 121 Å². The summed E-state index contributed by atoms with van der Waals surface area (Å²) in [6, 6.07) is 44.6. The summed E-state index contributed by atoms with van der Waals surface area (Å²) < 4.78 is 6.71. The van der Waals surface area contributed by atoms with Crippen LogP contribution in [0, 0.1) is 0 Å². The van der Waals surface area contributed by atoms with Gasteiger partial charge in [0, 0.05) is 10.8 Å². The normalized spacial score (nSPS) is 11.9. The third-order valence-corrected chi connectivity index (χ3v) is 13.3. The van der Waals surface area contributed by atoms with Crippen molar-refractivity contribution >= 4 is 172 Å². The Bertz CT molecular complexity index is 3210. The zero-order valence-corrected chi connectivity index (χ0v) is 33.0. The third kappa shape index (κ3) is 4.91. The van der Waals surface area contributed by atoms with Gasteiger partial charge in [0.2, 0.25) is 0 Å². The molecule has 0 N–H and O–H groups in total. The van der Waals surface area contributed by atoms with E-state index in [9.17, 15) is 0 Å². The van der Waals surface area contributed by atoms with E-state index in [0.29, 0.717) is 0 Å². The summed E-state index contributed by atoms with van der Waals surface area (Å²) in [5.41, 5.74) is 20.3. The number of benzene rings is 9. The van der Waals surface area contributed by atoms with Gasteiger partial charge in [-0.1, -0.05) is 119 Å². The van der Waals surface area contributed by atoms with Crippen LogP contribution in [0.25, 0.3) is 98.4 Å². The van der Waals surface area contributed by atoms with E-state index in [1.165, 1.54) is 120 Å². The van der Waals surface area contributed by atoms with E-state index >= 15 is 0 Å². The van der Waals surface area contributed by atoms with Crippen molar-refractivity contribution in [1.29, 1.82) is 0 Å². The maximum Gasteiger partial charge on any atom is 0.139 e. The quantitative estimate of drug-likeness (QED) is 0.176. The molecule has 0 amide bonds. The molecule has 0 atom stereocenters. The van der Waals surface area contributed by atoms with Crippen LogP contribution in [0.15, 0.2) is 126 Å². The standard InChI is InChI=1S/C46H36B8O/c47-39-35-33(23-14-12-22(13-15-23)28-11-5-9-21-6-3-4-10-27(21)28)36-38(42(50)46(54)44(52)40(36)48)34(37(35)41(49)45(53)43(39)51)26-16-17-29-30-18-24-7-1-2-8-25(24)19-32(30)55-31(29)20-26/h1-20H,47-54H2. The van der Waals surface area contributed by atoms with Gasteiger partial charge in [0.1, 0.15) is 73.9 Å². The highest BCUT2D eigenvalue weighted by Crippen LogP contribution is 2.43. The molecule has 0 saturated heterocycles. The van der Waals surface area contributed by atoms with Crippen molar-refractivity contribution in [2.75, 3.05) is 0 Å². The molecular weight excluding hydrogens is 655 g/mol. The molecule has 10 rings (SSSR count). The first-order chi connectivity index (χ1) is 26.6. The number of furan rings is 1. The second kappa shape index (κ2) is 12.4. The summed E-state index contributed by atoms with van der Waals surface area (Å²) in [5.74, 6) is 0. The summed E-state index contributed by atoms with van der Waals surface area (Å²) in [7, 11) is 18.6. The molecule has 9 heteroatoms. The summed E-state index contributed by atoms with van der Waals surface area (Å²) in [6.07, 6.45) is 0. The molecule has 0 saturated carbocycles. The van der Waals surface area contributed by atoms with Gasteiger partial charge in [0.25, 0.3) is 0 Å². The fourth-order valence-electron chi connectivity index (χ4n) is 9.61. The minimum atomic E-state index is 0.925. The molecule has 0 aliphatic rings. The molecule has 0 fully saturated rings. The van der Waals surface area contributed by atoms with E-state index in [1.54, 1.807) is 0 Å². The highest BCUT2D eigenvalue weighted by molar-refractivity contribution is 6.71. The smallest absolute Gasteiger partial charge is 0.139 e. The maximum absolute atomic E-state index is 6.71. The summed E-state index contributed by atoms with van der Waals surface area (Å²) in [5, 5.41) is 12.7. The molecule has 250 valence electrons. The lowest BCUT2D eigenvalue weighted by Gasteiger charge is -2.28. The fraction of sp³-hybridized carbons (Fsp3) is 0. The minimum Gasteiger partial charge on any atom is -0.456 e. The van der Waals surface area contributed by atoms with Crippen LogP contribution in [0.4, 0.5) is 0 Å². The number of hydrogen-bond acceptors (Lipinski definition) is 1. The minimum absolute atomic E-state index is 0.925. The molecule has 0 aliphatic carbocycles. The van der Waals surface area contributed by atoms with Gasteiger partial charge in [-0.15, -0.1) is 21.9 Å². The highest BCUT2D eigenvalue weighted by atomic mass is 16.3. The highest BCUT2D eigenvalue weighted by Gasteiger charge is 2.25. The first kappa shape index (κ1) is 33.9. The Morgan fingerprint density at radius 1 is 0.309 bits per heavy atom. The van der Waals surface area contributed by atoms with Gasteiger partial charge in [-0.05, 0) is 101 Å². The number of fused-ring (bicyclic) bond motifs is 7. The van der Waals surface area contributed by atoms with Crippen LogP contribution < -0.4 is 43.7 Å². The molecule has 1 heterocycles. The second-order valence-electron chi connectivity index (χ2n) is 15.9. The summed E-state index contributed by atoms with van der Waals surface area (Å²) in [4.78, 5) is 0. The molecule has 10 aromatic rings. The van der Waals surface area contributed by atoms with Crippen LogP contribution in [-0.4, -0.2) is 62.8 Å². The molecule has 1 aromatic heterocycles. The van der Waals surface area contributed by atoms with E-state index in [1.807, 2.05) is 0 Å². The number of rotatable bonds is 3. The lowest BCUT2D eigenvalue weighted by atomic mass is 9.59.